The highest BCUT2D eigenvalue weighted by atomic mass is 35.5. The number of halogens is 2. The molecule has 1 aromatic carbocycles. The zero-order valence-corrected chi connectivity index (χ0v) is 13.7. The first kappa shape index (κ1) is 16.7. The van der Waals surface area contributed by atoms with Gasteiger partial charge in [0.25, 0.3) is 0 Å². The Bertz CT molecular complexity index is 647. The Labute approximate surface area is 129 Å². The van der Waals surface area contributed by atoms with Gasteiger partial charge in [0.2, 0.25) is 10.0 Å². The van der Waals surface area contributed by atoms with Crippen LogP contribution >= 0.6 is 11.6 Å². The van der Waals surface area contributed by atoms with Crippen LogP contribution in [0.2, 0.25) is 5.02 Å². The lowest BCUT2D eigenvalue weighted by atomic mass is 9.92. The predicted molar refractivity (Wildman–Crippen MR) is 81.0 cm³/mol. The van der Waals surface area contributed by atoms with Gasteiger partial charge in [0.15, 0.2) is 0 Å². The summed E-state index contributed by atoms with van der Waals surface area (Å²) in [7, 11) is -3.77. The van der Waals surface area contributed by atoms with E-state index in [0.29, 0.717) is 0 Å². The summed E-state index contributed by atoms with van der Waals surface area (Å²) >= 11 is 5.75. The van der Waals surface area contributed by atoms with Gasteiger partial charge in [-0.25, -0.2) is 17.5 Å². The second-order valence-corrected chi connectivity index (χ2v) is 8.40. The van der Waals surface area contributed by atoms with Crippen LogP contribution in [0.5, 0.6) is 0 Å². The molecule has 0 bridgehead atoms. The molecule has 4 nitrogen and oxygen atoms in total. The summed E-state index contributed by atoms with van der Waals surface area (Å²) in [6.45, 7) is 4.20. The van der Waals surface area contributed by atoms with Gasteiger partial charge in [0.05, 0.1) is 9.92 Å². The molecule has 0 aromatic heterocycles. The van der Waals surface area contributed by atoms with E-state index < -0.39 is 15.8 Å². The molecule has 118 valence electrons. The van der Waals surface area contributed by atoms with Crippen molar-refractivity contribution in [3.63, 3.8) is 0 Å². The van der Waals surface area contributed by atoms with Crippen LogP contribution in [0.15, 0.2) is 17.0 Å². The maximum Gasteiger partial charge on any atom is 0.240 e. The summed E-state index contributed by atoms with van der Waals surface area (Å²) in [6.07, 6.45) is 2.52. The number of nitrogens with one attached hydrogen (secondary N) is 1. The van der Waals surface area contributed by atoms with Crippen LogP contribution in [0.3, 0.4) is 0 Å². The Kier molecular flexibility index (Phi) is 4.63. The minimum absolute atomic E-state index is 0.0183. The van der Waals surface area contributed by atoms with E-state index in [2.05, 4.69) is 18.6 Å². The van der Waals surface area contributed by atoms with Crippen molar-refractivity contribution in [2.75, 3.05) is 0 Å². The van der Waals surface area contributed by atoms with Gasteiger partial charge in [0.1, 0.15) is 5.82 Å². The highest BCUT2D eigenvalue weighted by molar-refractivity contribution is 7.89. The highest BCUT2D eigenvalue weighted by Gasteiger charge is 2.33. The maximum absolute atomic E-state index is 13.7. The molecule has 1 fully saturated rings. The van der Waals surface area contributed by atoms with E-state index in [1.807, 2.05) is 0 Å². The van der Waals surface area contributed by atoms with Crippen molar-refractivity contribution in [2.45, 2.75) is 50.6 Å². The Balaban J connectivity index is 2.26. The van der Waals surface area contributed by atoms with Gasteiger partial charge >= 0.3 is 0 Å². The van der Waals surface area contributed by atoms with Gasteiger partial charge in [-0.05, 0) is 42.4 Å². The molecule has 0 heterocycles. The van der Waals surface area contributed by atoms with Crippen LogP contribution in [-0.4, -0.2) is 14.5 Å². The molecule has 7 heteroatoms. The fourth-order valence-corrected chi connectivity index (χ4v) is 4.26. The van der Waals surface area contributed by atoms with Crippen molar-refractivity contribution in [3.05, 3.63) is 28.5 Å². The van der Waals surface area contributed by atoms with E-state index in [1.54, 1.807) is 0 Å². The van der Waals surface area contributed by atoms with Crippen LogP contribution in [0.1, 0.15) is 38.7 Å². The number of rotatable bonds is 4. The fraction of sp³-hybridized carbons (Fsp3) is 0.571. The number of hydrogen-bond acceptors (Lipinski definition) is 3. The fourth-order valence-electron chi connectivity index (χ4n) is 2.75. The minimum Gasteiger partial charge on any atom is -0.326 e. The number of sulfonamides is 1. The third-order valence-electron chi connectivity index (χ3n) is 3.90. The van der Waals surface area contributed by atoms with Crippen LogP contribution in [-0.2, 0) is 16.6 Å². The van der Waals surface area contributed by atoms with Crippen molar-refractivity contribution in [3.8, 4) is 0 Å². The lowest BCUT2D eigenvalue weighted by molar-refractivity contribution is 0.372. The quantitative estimate of drug-likeness (QED) is 0.889. The average molecular weight is 335 g/mol. The van der Waals surface area contributed by atoms with E-state index in [9.17, 15) is 12.8 Å². The standard InChI is InChI=1S/C14H20ClFN2O2S/c1-14(2)4-3-10(7-14)18-21(19,20)11-5-9(8-17)13(15)12(16)6-11/h5-6,10,18H,3-4,7-8,17H2,1-2H3. The highest BCUT2D eigenvalue weighted by Crippen LogP contribution is 2.37. The van der Waals surface area contributed by atoms with E-state index >= 15 is 0 Å². The van der Waals surface area contributed by atoms with Gasteiger partial charge < -0.3 is 5.73 Å². The lowest BCUT2D eigenvalue weighted by Gasteiger charge is -2.18. The van der Waals surface area contributed by atoms with Crippen LogP contribution in [0, 0.1) is 11.2 Å². The third-order valence-corrected chi connectivity index (χ3v) is 5.82. The van der Waals surface area contributed by atoms with Gasteiger partial charge in [0, 0.05) is 12.6 Å². The lowest BCUT2D eigenvalue weighted by Crippen LogP contribution is -2.33. The summed E-state index contributed by atoms with van der Waals surface area (Å²) in [4.78, 5) is -0.130. The SMILES string of the molecule is CC1(C)CCC(NS(=O)(=O)c2cc(F)c(Cl)c(CN)c2)C1. The molecule has 3 N–H and O–H groups in total. The van der Waals surface area contributed by atoms with E-state index in [4.69, 9.17) is 17.3 Å². The second-order valence-electron chi connectivity index (χ2n) is 6.31. The molecule has 0 radical (unpaired) electrons. The Morgan fingerprint density at radius 3 is 2.67 bits per heavy atom. The number of hydrogen-bond donors (Lipinski definition) is 2. The van der Waals surface area contributed by atoms with Gasteiger partial charge in [-0.15, -0.1) is 0 Å². The van der Waals surface area contributed by atoms with Gasteiger partial charge in [-0.3, -0.25) is 0 Å². The van der Waals surface area contributed by atoms with Crippen molar-refractivity contribution >= 4 is 21.6 Å². The molecular formula is C14H20ClFN2O2S. The molecule has 1 aliphatic carbocycles. The molecule has 1 aliphatic rings. The molecule has 1 atom stereocenters. The molecule has 0 saturated heterocycles. The predicted octanol–water partition coefficient (Wildman–Crippen LogP) is 2.79. The van der Waals surface area contributed by atoms with E-state index in [0.717, 1.165) is 25.3 Å². The van der Waals surface area contributed by atoms with Gasteiger partial charge in [-0.2, -0.15) is 0 Å². The molecule has 0 amide bonds. The summed E-state index contributed by atoms with van der Waals surface area (Å²) in [5.41, 5.74) is 5.87. The second kappa shape index (κ2) is 5.83. The van der Waals surface area contributed by atoms with Crippen molar-refractivity contribution < 1.29 is 12.8 Å². The van der Waals surface area contributed by atoms with Crippen LogP contribution in [0.25, 0.3) is 0 Å². The van der Waals surface area contributed by atoms with E-state index in [-0.39, 0.29) is 33.5 Å². The van der Waals surface area contributed by atoms with Crippen molar-refractivity contribution in [1.82, 2.24) is 4.72 Å². The first-order valence-electron chi connectivity index (χ1n) is 6.85. The molecule has 2 rings (SSSR count). The molecule has 1 aromatic rings. The van der Waals surface area contributed by atoms with Crippen LogP contribution < -0.4 is 10.5 Å². The topological polar surface area (TPSA) is 72.2 Å². The number of benzene rings is 1. The molecule has 0 aliphatic heterocycles. The van der Waals surface area contributed by atoms with Crippen LogP contribution in [0.4, 0.5) is 4.39 Å². The Morgan fingerprint density at radius 1 is 1.48 bits per heavy atom. The van der Waals surface area contributed by atoms with Crippen molar-refractivity contribution in [1.29, 1.82) is 0 Å². The largest absolute Gasteiger partial charge is 0.326 e. The maximum atomic E-state index is 13.7. The summed E-state index contributed by atoms with van der Waals surface area (Å²) in [5.74, 6) is -0.772. The molecule has 1 unspecified atom stereocenters. The molecule has 21 heavy (non-hydrogen) atoms. The number of nitrogens with two attached hydrogens (primary N) is 1. The first-order chi connectivity index (χ1) is 9.64. The monoisotopic (exact) mass is 334 g/mol. The average Bonchev–Trinajstić information content (AvgIpc) is 2.70. The zero-order valence-electron chi connectivity index (χ0n) is 12.1. The third kappa shape index (κ3) is 3.74. The molecular weight excluding hydrogens is 315 g/mol. The van der Waals surface area contributed by atoms with Gasteiger partial charge in [-0.1, -0.05) is 25.4 Å². The summed E-state index contributed by atoms with van der Waals surface area (Å²) in [5, 5.41) is -0.126. The summed E-state index contributed by atoms with van der Waals surface area (Å²) < 4.78 is 41.1. The molecule has 0 spiro atoms. The smallest absolute Gasteiger partial charge is 0.240 e. The molecule has 1 saturated carbocycles. The summed E-state index contributed by atoms with van der Waals surface area (Å²) in [6, 6.07) is 2.14. The van der Waals surface area contributed by atoms with Crippen molar-refractivity contribution in [2.24, 2.45) is 11.1 Å². The Hall–Kier alpha value is -0.690. The normalized spacial score (nSPS) is 21.7. The minimum atomic E-state index is -3.77. The first-order valence-corrected chi connectivity index (χ1v) is 8.71. The Morgan fingerprint density at radius 2 is 2.14 bits per heavy atom. The zero-order chi connectivity index (χ0) is 15.8. The van der Waals surface area contributed by atoms with E-state index in [1.165, 1.54) is 6.07 Å².